The fourth-order valence-electron chi connectivity index (χ4n) is 3.81. The van der Waals surface area contributed by atoms with Gasteiger partial charge in [0.25, 0.3) is 5.56 Å². The Labute approximate surface area is 208 Å². The monoisotopic (exact) mass is 488 g/mol. The summed E-state index contributed by atoms with van der Waals surface area (Å²) in [6.07, 6.45) is 2.47. The van der Waals surface area contributed by atoms with Crippen LogP contribution in [0.15, 0.2) is 40.3 Å². The molecule has 0 saturated carbocycles. The SMILES string of the molecule is CCN(CC)CCCC(C)NC(=O)C(C)Sc1nc(COC)c(Cc2ccccc2)c(=O)n1C. The van der Waals surface area contributed by atoms with Crippen LogP contribution in [0.25, 0.3) is 0 Å². The van der Waals surface area contributed by atoms with E-state index in [0.29, 0.717) is 22.8 Å². The van der Waals surface area contributed by atoms with E-state index in [-0.39, 0.29) is 29.4 Å². The van der Waals surface area contributed by atoms with Gasteiger partial charge in [0.2, 0.25) is 5.91 Å². The maximum Gasteiger partial charge on any atom is 0.257 e. The number of thioether (sulfide) groups is 1. The molecule has 2 rings (SSSR count). The molecule has 188 valence electrons. The third kappa shape index (κ3) is 8.25. The number of carbonyl (C=O) groups excluding carboxylic acids is 1. The third-order valence-corrected chi connectivity index (χ3v) is 7.12. The van der Waals surface area contributed by atoms with Crippen molar-refractivity contribution in [2.45, 2.75) is 70.0 Å². The predicted molar refractivity (Wildman–Crippen MR) is 139 cm³/mol. The lowest BCUT2D eigenvalue weighted by Gasteiger charge is -2.21. The number of hydrogen-bond donors (Lipinski definition) is 1. The highest BCUT2D eigenvalue weighted by Gasteiger charge is 2.21. The molecular formula is C26H40N4O3S. The number of rotatable bonds is 14. The molecule has 7 nitrogen and oxygen atoms in total. The molecule has 1 amide bonds. The van der Waals surface area contributed by atoms with Crippen molar-refractivity contribution in [3.05, 3.63) is 57.5 Å². The number of hydrogen-bond acceptors (Lipinski definition) is 6. The van der Waals surface area contributed by atoms with E-state index in [1.807, 2.05) is 44.2 Å². The van der Waals surface area contributed by atoms with E-state index in [9.17, 15) is 9.59 Å². The fraction of sp³-hybridized carbons (Fsp3) is 0.577. The predicted octanol–water partition coefficient (Wildman–Crippen LogP) is 3.62. The zero-order chi connectivity index (χ0) is 25.1. The molecular weight excluding hydrogens is 448 g/mol. The molecule has 1 heterocycles. The van der Waals surface area contributed by atoms with Gasteiger partial charge in [0.1, 0.15) is 0 Å². The number of aromatic nitrogens is 2. The van der Waals surface area contributed by atoms with Crippen molar-refractivity contribution in [3.63, 3.8) is 0 Å². The van der Waals surface area contributed by atoms with Crippen LogP contribution in [0.3, 0.4) is 0 Å². The zero-order valence-corrected chi connectivity index (χ0v) is 22.3. The van der Waals surface area contributed by atoms with Crippen molar-refractivity contribution in [2.24, 2.45) is 7.05 Å². The first-order chi connectivity index (χ1) is 16.3. The number of nitrogens with one attached hydrogen (secondary N) is 1. The summed E-state index contributed by atoms with van der Waals surface area (Å²) < 4.78 is 6.87. The number of nitrogens with zero attached hydrogens (tertiary/aromatic N) is 3. The number of ether oxygens (including phenoxy) is 1. The first kappa shape index (κ1) is 28.1. The van der Waals surface area contributed by atoms with Crippen molar-refractivity contribution in [2.75, 3.05) is 26.7 Å². The summed E-state index contributed by atoms with van der Waals surface area (Å²) >= 11 is 1.30. The van der Waals surface area contributed by atoms with E-state index in [1.54, 1.807) is 18.7 Å². The van der Waals surface area contributed by atoms with E-state index in [1.165, 1.54) is 11.8 Å². The molecule has 1 aromatic carbocycles. The topological polar surface area (TPSA) is 76.5 Å². The Balaban J connectivity index is 2.07. The van der Waals surface area contributed by atoms with Gasteiger partial charge >= 0.3 is 0 Å². The number of benzene rings is 1. The first-order valence-electron chi connectivity index (χ1n) is 12.1. The van der Waals surface area contributed by atoms with Gasteiger partial charge in [-0.3, -0.25) is 14.2 Å². The minimum absolute atomic E-state index is 0.0451. The van der Waals surface area contributed by atoms with Gasteiger partial charge in [-0.1, -0.05) is 55.9 Å². The maximum absolute atomic E-state index is 13.2. The smallest absolute Gasteiger partial charge is 0.257 e. The summed E-state index contributed by atoms with van der Waals surface area (Å²) in [5.74, 6) is -0.0451. The molecule has 0 bridgehead atoms. The quantitative estimate of drug-likeness (QED) is 0.323. The van der Waals surface area contributed by atoms with Gasteiger partial charge in [-0.05, 0) is 51.9 Å². The molecule has 1 N–H and O–H groups in total. The van der Waals surface area contributed by atoms with Crippen LogP contribution >= 0.6 is 11.8 Å². The van der Waals surface area contributed by atoms with E-state index >= 15 is 0 Å². The van der Waals surface area contributed by atoms with E-state index in [2.05, 4.69) is 24.1 Å². The van der Waals surface area contributed by atoms with Gasteiger partial charge in [-0.2, -0.15) is 0 Å². The average molecular weight is 489 g/mol. The average Bonchev–Trinajstić information content (AvgIpc) is 2.83. The summed E-state index contributed by atoms with van der Waals surface area (Å²) in [5.41, 5.74) is 2.18. The third-order valence-electron chi connectivity index (χ3n) is 5.98. The second-order valence-electron chi connectivity index (χ2n) is 8.62. The molecule has 2 aromatic rings. The molecule has 0 fully saturated rings. The maximum atomic E-state index is 13.2. The van der Waals surface area contributed by atoms with Crippen LogP contribution in [0, 0.1) is 0 Å². The van der Waals surface area contributed by atoms with Gasteiger partial charge in [-0.15, -0.1) is 0 Å². The Kier molecular flexibility index (Phi) is 11.8. The Morgan fingerprint density at radius 3 is 2.50 bits per heavy atom. The zero-order valence-electron chi connectivity index (χ0n) is 21.5. The van der Waals surface area contributed by atoms with Crippen molar-refractivity contribution in [3.8, 4) is 0 Å². The highest BCUT2D eigenvalue weighted by Crippen LogP contribution is 2.22. The lowest BCUT2D eigenvalue weighted by Crippen LogP contribution is -2.38. The highest BCUT2D eigenvalue weighted by atomic mass is 32.2. The van der Waals surface area contributed by atoms with Crippen LogP contribution in [0.1, 0.15) is 57.4 Å². The summed E-state index contributed by atoms with van der Waals surface area (Å²) in [5, 5.41) is 3.25. The van der Waals surface area contributed by atoms with Crippen molar-refractivity contribution < 1.29 is 9.53 Å². The lowest BCUT2D eigenvalue weighted by molar-refractivity contribution is -0.120. The van der Waals surface area contributed by atoms with Crippen LogP contribution in [0.4, 0.5) is 0 Å². The molecule has 0 saturated heterocycles. The Bertz CT molecular complexity index is 961. The number of amides is 1. The van der Waals surface area contributed by atoms with E-state index in [4.69, 9.17) is 9.72 Å². The minimum Gasteiger partial charge on any atom is -0.378 e. The molecule has 0 aliphatic carbocycles. The Hall–Kier alpha value is -2.16. The van der Waals surface area contributed by atoms with E-state index < -0.39 is 0 Å². The molecule has 2 unspecified atom stereocenters. The second kappa shape index (κ2) is 14.3. The molecule has 34 heavy (non-hydrogen) atoms. The Morgan fingerprint density at radius 1 is 1.21 bits per heavy atom. The fourth-order valence-corrected chi connectivity index (χ4v) is 4.71. The van der Waals surface area contributed by atoms with Crippen LogP contribution in [0.5, 0.6) is 0 Å². The number of carbonyl (C=O) groups is 1. The summed E-state index contributed by atoms with van der Waals surface area (Å²) in [6, 6.07) is 9.95. The molecule has 0 radical (unpaired) electrons. The van der Waals surface area contributed by atoms with Gasteiger partial charge in [-0.25, -0.2) is 4.98 Å². The summed E-state index contributed by atoms with van der Waals surface area (Å²) in [6.45, 7) is 11.6. The molecule has 0 spiro atoms. The van der Waals surface area contributed by atoms with Gasteiger partial charge in [0.15, 0.2) is 5.16 Å². The van der Waals surface area contributed by atoms with Crippen molar-refractivity contribution >= 4 is 17.7 Å². The van der Waals surface area contributed by atoms with Crippen molar-refractivity contribution in [1.29, 1.82) is 0 Å². The normalized spacial score (nSPS) is 13.1. The molecule has 1 aromatic heterocycles. The Morgan fingerprint density at radius 2 is 1.88 bits per heavy atom. The molecule has 2 atom stereocenters. The highest BCUT2D eigenvalue weighted by molar-refractivity contribution is 8.00. The first-order valence-corrected chi connectivity index (χ1v) is 13.0. The molecule has 0 aliphatic rings. The molecule has 8 heteroatoms. The second-order valence-corrected chi connectivity index (χ2v) is 9.93. The van der Waals surface area contributed by atoms with Gasteiger partial charge < -0.3 is 15.0 Å². The van der Waals surface area contributed by atoms with Crippen molar-refractivity contribution in [1.82, 2.24) is 19.8 Å². The van der Waals surface area contributed by atoms with Gasteiger partial charge in [0.05, 0.1) is 17.6 Å². The van der Waals surface area contributed by atoms with Crippen LogP contribution in [0.2, 0.25) is 0 Å². The van der Waals surface area contributed by atoms with Gasteiger partial charge in [0, 0.05) is 32.2 Å². The van der Waals surface area contributed by atoms with E-state index in [0.717, 1.165) is 38.0 Å². The van der Waals surface area contributed by atoms with Crippen LogP contribution in [-0.4, -0.2) is 58.4 Å². The standard InChI is InChI=1S/C26H40N4O3S/c1-7-30(8-2)16-12-13-19(3)27-24(31)20(4)34-26-28-23(18-33-6)22(25(32)29(26)5)17-21-14-10-9-11-15-21/h9-11,14-15,19-20H,7-8,12-13,16-18H2,1-6H3,(H,27,31). The summed E-state index contributed by atoms with van der Waals surface area (Å²) in [7, 11) is 3.30. The van der Waals surface area contributed by atoms with Crippen LogP contribution in [-0.2, 0) is 29.6 Å². The number of methoxy groups -OCH3 is 1. The van der Waals surface area contributed by atoms with Crippen LogP contribution < -0.4 is 10.9 Å². The lowest BCUT2D eigenvalue weighted by atomic mass is 10.0. The summed E-state index contributed by atoms with van der Waals surface area (Å²) in [4.78, 5) is 33.1. The minimum atomic E-state index is -0.376. The molecule has 0 aliphatic heterocycles. The largest absolute Gasteiger partial charge is 0.378 e.